The molecule has 2 aliphatic rings. The number of sulfonamides is 1. The second-order valence-electron chi connectivity index (χ2n) is 7.49. The molecule has 0 bridgehead atoms. The summed E-state index contributed by atoms with van der Waals surface area (Å²) >= 11 is 0. The molecule has 1 unspecified atom stereocenters. The second-order valence-corrected chi connectivity index (χ2v) is 9.49. The van der Waals surface area contributed by atoms with Gasteiger partial charge in [-0.3, -0.25) is 4.79 Å². The summed E-state index contributed by atoms with van der Waals surface area (Å²) < 4.78 is 27.4. The van der Waals surface area contributed by atoms with E-state index in [1.165, 1.54) is 16.8 Å². The van der Waals surface area contributed by atoms with E-state index in [0.29, 0.717) is 18.0 Å². The third-order valence-corrected chi connectivity index (χ3v) is 7.53. The van der Waals surface area contributed by atoms with Crippen LogP contribution in [0.2, 0.25) is 0 Å². The summed E-state index contributed by atoms with van der Waals surface area (Å²) in [6, 6.07) is 6.33. The molecule has 1 aromatic carbocycles. The summed E-state index contributed by atoms with van der Waals surface area (Å²) in [5.74, 6) is 0.193. The van der Waals surface area contributed by atoms with Gasteiger partial charge in [0.2, 0.25) is 10.0 Å². The number of hydrogen-bond acceptors (Lipinski definition) is 4. The van der Waals surface area contributed by atoms with Gasteiger partial charge >= 0.3 is 0 Å². The zero-order chi connectivity index (χ0) is 18.7. The third-order valence-electron chi connectivity index (χ3n) is 5.62. The smallest absolute Gasteiger partial charge is 0.251 e. The molecular weight excluding hydrogens is 386 g/mol. The maximum absolute atomic E-state index is 13.0. The number of halogens is 1. The molecule has 6 nitrogen and oxygen atoms in total. The van der Waals surface area contributed by atoms with E-state index in [-0.39, 0.29) is 35.3 Å². The monoisotopic (exact) mass is 415 g/mol. The van der Waals surface area contributed by atoms with Crippen LogP contribution in [0.5, 0.6) is 0 Å². The highest BCUT2D eigenvalue weighted by atomic mass is 35.5. The van der Waals surface area contributed by atoms with Crippen LogP contribution in [0.4, 0.5) is 0 Å². The molecule has 27 heavy (non-hydrogen) atoms. The van der Waals surface area contributed by atoms with Gasteiger partial charge in [0.25, 0.3) is 5.91 Å². The molecule has 0 spiro atoms. The number of rotatable bonds is 7. The lowest BCUT2D eigenvalue weighted by Crippen LogP contribution is -2.42. The Kier molecular flexibility index (Phi) is 7.68. The fourth-order valence-corrected chi connectivity index (χ4v) is 5.19. The molecule has 2 saturated carbocycles. The van der Waals surface area contributed by atoms with Gasteiger partial charge in [0.05, 0.1) is 4.90 Å². The van der Waals surface area contributed by atoms with Crippen LogP contribution < -0.4 is 11.1 Å². The molecule has 1 amide bonds. The van der Waals surface area contributed by atoms with Crippen molar-refractivity contribution >= 4 is 28.3 Å². The summed E-state index contributed by atoms with van der Waals surface area (Å²) in [6.45, 7) is 0.402. The molecule has 3 rings (SSSR count). The van der Waals surface area contributed by atoms with Gasteiger partial charge < -0.3 is 11.1 Å². The van der Waals surface area contributed by atoms with E-state index < -0.39 is 10.0 Å². The predicted molar refractivity (Wildman–Crippen MR) is 109 cm³/mol. The topological polar surface area (TPSA) is 92.5 Å². The minimum absolute atomic E-state index is 0. The Bertz CT molecular complexity index is 746. The molecule has 8 heteroatoms. The van der Waals surface area contributed by atoms with E-state index >= 15 is 0 Å². The number of benzene rings is 1. The molecule has 0 aromatic heterocycles. The normalized spacial score (nSPS) is 19.4. The second kappa shape index (κ2) is 9.37. The van der Waals surface area contributed by atoms with E-state index in [9.17, 15) is 13.2 Å². The average Bonchev–Trinajstić information content (AvgIpc) is 3.51. The van der Waals surface area contributed by atoms with Gasteiger partial charge in [-0.25, -0.2) is 8.42 Å². The van der Waals surface area contributed by atoms with Gasteiger partial charge in [-0.05, 0) is 49.8 Å². The number of carbonyl (C=O) groups is 1. The molecule has 1 atom stereocenters. The molecule has 2 fully saturated rings. The lowest BCUT2D eigenvalue weighted by Gasteiger charge is -2.30. The lowest BCUT2D eigenvalue weighted by atomic mass is 9.96. The zero-order valence-electron chi connectivity index (χ0n) is 15.8. The fourth-order valence-electron chi connectivity index (χ4n) is 3.72. The Morgan fingerprint density at radius 2 is 1.89 bits per heavy atom. The van der Waals surface area contributed by atoms with Gasteiger partial charge in [0.1, 0.15) is 0 Å². The van der Waals surface area contributed by atoms with Crippen LogP contribution in [-0.2, 0) is 10.0 Å². The average molecular weight is 416 g/mol. The summed E-state index contributed by atoms with van der Waals surface area (Å²) in [7, 11) is -1.96. The molecule has 3 N–H and O–H groups in total. The molecule has 0 aliphatic heterocycles. The van der Waals surface area contributed by atoms with Crippen LogP contribution >= 0.6 is 12.4 Å². The van der Waals surface area contributed by atoms with Crippen molar-refractivity contribution in [2.24, 2.45) is 11.7 Å². The summed E-state index contributed by atoms with van der Waals surface area (Å²) in [5, 5.41) is 2.94. The van der Waals surface area contributed by atoms with Crippen molar-refractivity contribution in [3.63, 3.8) is 0 Å². The quantitative estimate of drug-likeness (QED) is 0.715. The molecule has 0 saturated heterocycles. The number of nitrogens with one attached hydrogen (secondary N) is 1. The first-order chi connectivity index (χ1) is 12.4. The van der Waals surface area contributed by atoms with Crippen LogP contribution in [0.25, 0.3) is 0 Å². The SMILES string of the molecule is CN(C1CCCCC1)S(=O)(=O)c1cccc(C(=O)NC(CN)C2CC2)c1.Cl. The van der Waals surface area contributed by atoms with Crippen molar-refractivity contribution < 1.29 is 13.2 Å². The van der Waals surface area contributed by atoms with Gasteiger partial charge in [0, 0.05) is 31.2 Å². The van der Waals surface area contributed by atoms with E-state index in [2.05, 4.69) is 5.32 Å². The van der Waals surface area contributed by atoms with Crippen molar-refractivity contribution in [1.29, 1.82) is 0 Å². The largest absolute Gasteiger partial charge is 0.348 e. The highest BCUT2D eigenvalue weighted by Gasteiger charge is 2.32. The van der Waals surface area contributed by atoms with E-state index in [0.717, 1.165) is 38.5 Å². The first kappa shape index (κ1) is 22.1. The van der Waals surface area contributed by atoms with Crippen molar-refractivity contribution in [3.8, 4) is 0 Å². The van der Waals surface area contributed by atoms with E-state index in [4.69, 9.17) is 5.73 Å². The lowest BCUT2D eigenvalue weighted by molar-refractivity contribution is 0.0933. The highest BCUT2D eigenvalue weighted by molar-refractivity contribution is 7.89. The van der Waals surface area contributed by atoms with E-state index in [1.807, 2.05) is 0 Å². The van der Waals surface area contributed by atoms with Crippen LogP contribution in [-0.4, -0.2) is 44.3 Å². The molecule has 2 aliphatic carbocycles. The fraction of sp³-hybridized carbons (Fsp3) is 0.632. The minimum atomic E-state index is -3.60. The Balaban J connectivity index is 0.00000261. The molecular formula is C19H30ClN3O3S. The summed E-state index contributed by atoms with van der Waals surface area (Å²) in [5.41, 5.74) is 6.11. The van der Waals surface area contributed by atoms with Crippen LogP contribution in [0, 0.1) is 5.92 Å². The van der Waals surface area contributed by atoms with E-state index in [1.54, 1.807) is 25.2 Å². The highest BCUT2D eigenvalue weighted by Crippen LogP contribution is 2.32. The van der Waals surface area contributed by atoms with Gasteiger partial charge in [-0.1, -0.05) is 25.3 Å². The first-order valence-electron chi connectivity index (χ1n) is 9.52. The molecule has 0 radical (unpaired) electrons. The predicted octanol–water partition coefficient (Wildman–Crippen LogP) is 2.53. The molecule has 0 heterocycles. The Morgan fingerprint density at radius 1 is 1.22 bits per heavy atom. The maximum Gasteiger partial charge on any atom is 0.251 e. The maximum atomic E-state index is 13.0. The van der Waals surface area contributed by atoms with Gasteiger partial charge in [-0.2, -0.15) is 4.31 Å². The van der Waals surface area contributed by atoms with Gasteiger partial charge in [0.15, 0.2) is 0 Å². The summed E-state index contributed by atoms with van der Waals surface area (Å²) in [6.07, 6.45) is 7.27. The first-order valence-corrected chi connectivity index (χ1v) is 11.0. The van der Waals surface area contributed by atoms with Crippen molar-refractivity contribution in [3.05, 3.63) is 29.8 Å². The van der Waals surface area contributed by atoms with Crippen molar-refractivity contribution in [2.45, 2.75) is 61.9 Å². The number of hydrogen-bond donors (Lipinski definition) is 2. The number of amides is 1. The minimum Gasteiger partial charge on any atom is -0.348 e. The Morgan fingerprint density at radius 3 is 2.48 bits per heavy atom. The molecule has 152 valence electrons. The van der Waals surface area contributed by atoms with Crippen molar-refractivity contribution in [1.82, 2.24) is 9.62 Å². The summed E-state index contributed by atoms with van der Waals surface area (Å²) in [4.78, 5) is 12.7. The number of nitrogens with two attached hydrogens (primary N) is 1. The third kappa shape index (κ3) is 5.22. The van der Waals surface area contributed by atoms with Gasteiger partial charge in [-0.15, -0.1) is 12.4 Å². The van der Waals surface area contributed by atoms with Crippen LogP contribution in [0.1, 0.15) is 55.3 Å². The Labute approximate surface area is 168 Å². The van der Waals surface area contributed by atoms with Crippen LogP contribution in [0.15, 0.2) is 29.2 Å². The number of nitrogens with zero attached hydrogens (tertiary/aromatic N) is 1. The zero-order valence-corrected chi connectivity index (χ0v) is 17.4. The van der Waals surface area contributed by atoms with Crippen LogP contribution in [0.3, 0.4) is 0 Å². The number of carbonyl (C=O) groups excluding carboxylic acids is 1. The standard InChI is InChI=1S/C19H29N3O3S.ClH/c1-22(16-7-3-2-4-8-16)26(24,25)17-9-5-6-15(12-17)19(23)21-18(13-20)14-10-11-14;/h5-6,9,12,14,16,18H,2-4,7-8,10-11,13,20H2,1H3,(H,21,23);1H. The van der Waals surface area contributed by atoms with Crippen molar-refractivity contribution in [2.75, 3.05) is 13.6 Å². The molecule has 1 aromatic rings. The Hall–Kier alpha value is -1.15.